The Morgan fingerprint density at radius 2 is 2.06 bits per heavy atom. The molecule has 1 aliphatic rings. The van der Waals surface area contributed by atoms with Crippen molar-refractivity contribution in [2.75, 3.05) is 39.3 Å². The average Bonchev–Trinajstić information content (AvgIpc) is 3.15. The van der Waals surface area contributed by atoms with Gasteiger partial charge in [0, 0.05) is 51.4 Å². The van der Waals surface area contributed by atoms with Crippen molar-refractivity contribution in [1.29, 1.82) is 0 Å². The van der Waals surface area contributed by atoms with E-state index in [0.29, 0.717) is 12.1 Å². The van der Waals surface area contributed by atoms with Crippen LogP contribution in [0.2, 0.25) is 0 Å². The topological polar surface area (TPSA) is 79.1 Å². The van der Waals surface area contributed by atoms with Crippen molar-refractivity contribution < 1.29 is 4.74 Å². The number of likely N-dealkylation sites (tertiary alicyclic amines) is 1. The van der Waals surface area contributed by atoms with Gasteiger partial charge in [0.1, 0.15) is 5.82 Å². The highest BCUT2D eigenvalue weighted by Gasteiger charge is 2.19. The van der Waals surface area contributed by atoms with E-state index in [-0.39, 0.29) is 24.0 Å². The maximum absolute atomic E-state index is 5.68. The van der Waals surface area contributed by atoms with Crippen molar-refractivity contribution in [2.45, 2.75) is 58.6 Å². The molecule has 1 fully saturated rings. The number of nitrogens with zero attached hydrogens (tertiary/aromatic N) is 5. The van der Waals surface area contributed by atoms with Crippen LogP contribution in [0.15, 0.2) is 29.4 Å². The van der Waals surface area contributed by atoms with Gasteiger partial charge in [-0.1, -0.05) is 6.07 Å². The number of piperidine rings is 1. The highest BCUT2D eigenvalue weighted by Crippen LogP contribution is 2.10. The van der Waals surface area contributed by atoms with Crippen LogP contribution in [0.5, 0.6) is 0 Å². The lowest BCUT2D eigenvalue weighted by Crippen LogP contribution is -2.49. The Labute approximate surface area is 203 Å². The smallest absolute Gasteiger partial charge is 0.191 e. The molecule has 0 spiro atoms. The van der Waals surface area contributed by atoms with Gasteiger partial charge < -0.3 is 20.3 Å². The largest absolute Gasteiger partial charge is 0.377 e. The molecule has 0 bridgehead atoms. The van der Waals surface area contributed by atoms with E-state index in [9.17, 15) is 0 Å². The number of ether oxygens (including phenoxy) is 1. The molecular formula is C22H38IN7O. The number of halogens is 1. The van der Waals surface area contributed by atoms with Gasteiger partial charge in [-0.15, -0.1) is 34.2 Å². The van der Waals surface area contributed by atoms with Gasteiger partial charge in [0.2, 0.25) is 0 Å². The van der Waals surface area contributed by atoms with Gasteiger partial charge in [0.15, 0.2) is 11.6 Å². The van der Waals surface area contributed by atoms with Gasteiger partial charge in [0.05, 0.1) is 12.7 Å². The molecule has 3 rings (SSSR count). The van der Waals surface area contributed by atoms with Crippen LogP contribution < -0.4 is 10.6 Å². The number of guanidine groups is 1. The molecule has 2 aromatic heterocycles. The number of pyridine rings is 1. The molecular weight excluding hydrogens is 505 g/mol. The van der Waals surface area contributed by atoms with E-state index >= 15 is 0 Å². The fraction of sp³-hybridized carbons (Fsp3) is 0.682. The van der Waals surface area contributed by atoms with E-state index in [1.807, 2.05) is 28.8 Å². The molecule has 1 saturated heterocycles. The van der Waals surface area contributed by atoms with E-state index in [0.717, 1.165) is 82.4 Å². The van der Waals surface area contributed by atoms with Crippen LogP contribution in [0.1, 0.15) is 45.9 Å². The Kier molecular flexibility index (Phi) is 11.5. The average molecular weight is 543 g/mol. The first kappa shape index (κ1) is 25.8. The predicted octanol–water partition coefficient (Wildman–Crippen LogP) is 2.72. The second kappa shape index (κ2) is 13.8. The first-order chi connectivity index (χ1) is 14.7. The number of hydrogen-bond donors (Lipinski definition) is 2. The summed E-state index contributed by atoms with van der Waals surface area (Å²) in [6.45, 7) is 12.0. The minimum Gasteiger partial charge on any atom is -0.377 e. The molecule has 0 atom stereocenters. The van der Waals surface area contributed by atoms with Crippen molar-refractivity contribution in [3.05, 3.63) is 30.2 Å². The monoisotopic (exact) mass is 543 g/mol. The third kappa shape index (κ3) is 8.53. The molecule has 2 aromatic rings. The molecule has 9 heteroatoms. The molecule has 8 nitrogen and oxygen atoms in total. The van der Waals surface area contributed by atoms with Crippen molar-refractivity contribution in [3.8, 4) is 0 Å². The Morgan fingerprint density at radius 3 is 2.81 bits per heavy atom. The maximum atomic E-state index is 5.68. The molecule has 174 valence electrons. The number of aromatic nitrogens is 3. The SMILES string of the molecule is CCNC(=NCCCc1nnc2ccccn12)NC1CCN(CCOC(C)C)CC1.I. The van der Waals surface area contributed by atoms with Crippen molar-refractivity contribution in [3.63, 3.8) is 0 Å². The van der Waals surface area contributed by atoms with E-state index < -0.39 is 0 Å². The third-order valence-electron chi connectivity index (χ3n) is 5.34. The molecule has 0 unspecified atom stereocenters. The van der Waals surface area contributed by atoms with Crippen molar-refractivity contribution in [2.24, 2.45) is 4.99 Å². The fourth-order valence-electron chi connectivity index (χ4n) is 3.72. The Bertz CT molecular complexity index is 787. The summed E-state index contributed by atoms with van der Waals surface area (Å²) in [5, 5.41) is 15.5. The Hall–Kier alpha value is -1.46. The van der Waals surface area contributed by atoms with Crippen LogP contribution in [0.3, 0.4) is 0 Å². The van der Waals surface area contributed by atoms with E-state index in [1.165, 1.54) is 0 Å². The van der Waals surface area contributed by atoms with Gasteiger partial charge in [0.25, 0.3) is 0 Å². The zero-order chi connectivity index (χ0) is 21.2. The maximum Gasteiger partial charge on any atom is 0.191 e. The first-order valence-corrected chi connectivity index (χ1v) is 11.3. The lowest BCUT2D eigenvalue weighted by atomic mass is 10.1. The Balaban J connectivity index is 0.00000341. The lowest BCUT2D eigenvalue weighted by Gasteiger charge is -2.33. The molecule has 2 N–H and O–H groups in total. The standard InChI is InChI=1S/C22H37N7O.HI/c1-4-23-22(25-19-10-14-28(15-11-19)16-17-30-18(2)3)24-12-7-9-21-27-26-20-8-5-6-13-29(20)21;/h5-6,8,13,18-19H,4,7,9-12,14-17H2,1-3H3,(H2,23,24,25);1H. The summed E-state index contributed by atoms with van der Waals surface area (Å²) in [5.74, 6) is 1.91. The zero-order valence-corrected chi connectivity index (χ0v) is 21.4. The second-order valence-electron chi connectivity index (χ2n) is 8.09. The summed E-state index contributed by atoms with van der Waals surface area (Å²) in [6, 6.07) is 6.44. The predicted molar refractivity (Wildman–Crippen MR) is 136 cm³/mol. The molecule has 0 amide bonds. The van der Waals surface area contributed by atoms with Gasteiger partial charge in [-0.3, -0.25) is 9.39 Å². The zero-order valence-electron chi connectivity index (χ0n) is 19.1. The van der Waals surface area contributed by atoms with Crippen molar-refractivity contribution in [1.82, 2.24) is 30.1 Å². The summed E-state index contributed by atoms with van der Waals surface area (Å²) >= 11 is 0. The normalized spacial score (nSPS) is 15.9. The van der Waals surface area contributed by atoms with E-state index in [1.54, 1.807) is 0 Å². The van der Waals surface area contributed by atoms with Crippen LogP contribution in [0.4, 0.5) is 0 Å². The summed E-state index contributed by atoms with van der Waals surface area (Å²) < 4.78 is 7.73. The van der Waals surface area contributed by atoms with Gasteiger partial charge in [-0.05, 0) is 52.2 Å². The van der Waals surface area contributed by atoms with Gasteiger partial charge >= 0.3 is 0 Å². The molecule has 0 saturated carbocycles. The summed E-state index contributed by atoms with van der Waals surface area (Å²) in [7, 11) is 0. The van der Waals surface area contributed by atoms with Crippen molar-refractivity contribution >= 4 is 35.6 Å². The minimum absolute atomic E-state index is 0. The minimum atomic E-state index is 0. The number of fused-ring (bicyclic) bond motifs is 1. The summed E-state index contributed by atoms with van der Waals surface area (Å²) in [6.07, 6.45) is 6.41. The molecule has 1 aliphatic heterocycles. The number of aryl methyl sites for hydroxylation is 1. The highest BCUT2D eigenvalue weighted by molar-refractivity contribution is 14.0. The summed E-state index contributed by atoms with van der Waals surface area (Å²) in [5.41, 5.74) is 0.896. The highest BCUT2D eigenvalue weighted by atomic mass is 127. The molecule has 31 heavy (non-hydrogen) atoms. The number of rotatable bonds is 10. The Morgan fingerprint density at radius 1 is 1.26 bits per heavy atom. The van der Waals surface area contributed by atoms with Crippen LogP contribution in [0.25, 0.3) is 5.65 Å². The molecule has 3 heterocycles. The quantitative estimate of drug-likeness (QED) is 0.208. The third-order valence-corrected chi connectivity index (χ3v) is 5.34. The number of hydrogen-bond acceptors (Lipinski definition) is 5. The fourth-order valence-corrected chi connectivity index (χ4v) is 3.72. The number of aliphatic imine (C=N–C) groups is 1. The van der Waals surface area contributed by atoms with Crippen LogP contribution in [-0.2, 0) is 11.2 Å². The molecule has 0 aliphatic carbocycles. The van der Waals surface area contributed by atoms with Crippen LogP contribution in [-0.4, -0.2) is 76.9 Å². The van der Waals surface area contributed by atoms with Gasteiger partial charge in [-0.25, -0.2) is 0 Å². The summed E-state index contributed by atoms with van der Waals surface area (Å²) in [4.78, 5) is 7.27. The second-order valence-corrected chi connectivity index (χ2v) is 8.09. The van der Waals surface area contributed by atoms with E-state index in [2.05, 4.69) is 46.5 Å². The van der Waals surface area contributed by atoms with Crippen LogP contribution >= 0.6 is 24.0 Å². The molecule has 0 aromatic carbocycles. The van der Waals surface area contributed by atoms with Gasteiger partial charge in [-0.2, -0.15) is 0 Å². The number of nitrogens with one attached hydrogen (secondary N) is 2. The van der Waals surface area contributed by atoms with E-state index in [4.69, 9.17) is 9.73 Å². The lowest BCUT2D eigenvalue weighted by molar-refractivity contribution is 0.0532. The molecule has 0 radical (unpaired) electrons. The first-order valence-electron chi connectivity index (χ1n) is 11.3. The van der Waals surface area contributed by atoms with Crippen LogP contribution in [0, 0.1) is 0 Å².